The van der Waals surface area contributed by atoms with Gasteiger partial charge in [0.05, 0.1) is 6.16 Å². The summed E-state index contributed by atoms with van der Waals surface area (Å²) in [4.78, 5) is 0. The Morgan fingerprint density at radius 1 is 0.727 bits per heavy atom. The molecule has 0 fully saturated rings. The molecule has 0 aliphatic rings. The summed E-state index contributed by atoms with van der Waals surface area (Å²) in [5.74, 6) is 0. The van der Waals surface area contributed by atoms with Crippen molar-refractivity contribution in [2.75, 3.05) is 20.4 Å². The van der Waals surface area contributed by atoms with Crippen LogP contribution in [-0.4, -0.2) is 26.7 Å². The highest BCUT2D eigenvalue weighted by Crippen LogP contribution is 2.55. The van der Waals surface area contributed by atoms with Crippen LogP contribution < -0.4 is 15.9 Å². The smallest absolute Gasteiger partial charge is 0.179 e. The molecule has 170 valence electrons. The predicted octanol–water partition coefficient (Wildman–Crippen LogP) is 6.05. The number of methoxy groups -OCH3 is 2. The molecular weight excluding hydrogens is 423 g/mol. The molecule has 0 heterocycles. The molecule has 0 unspecified atom stereocenters. The zero-order valence-corrected chi connectivity index (χ0v) is 20.9. The lowest BCUT2D eigenvalue weighted by atomic mass is 10.2. The standard InChI is InChI=1S/C30H34O2P/c1-25(15-14-16-26(2)30(31-3)32-4)23-24-33(27-17-8-5-9-18-27,28-19-10-6-11-20-28)29-21-12-7-13-22-29/h5-23,30H,24H2,1-4H3/q+1. The Kier molecular flexibility index (Phi) is 9.39. The van der Waals surface area contributed by atoms with E-state index >= 15 is 0 Å². The third-order valence-corrected chi connectivity index (χ3v) is 10.1. The summed E-state index contributed by atoms with van der Waals surface area (Å²) < 4.78 is 10.6. The zero-order chi connectivity index (χ0) is 23.5. The highest BCUT2D eigenvalue weighted by molar-refractivity contribution is 7.95. The van der Waals surface area contributed by atoms with E-state index in [1.807, 2.05) is 13.0 Å². The second-order valence-electron chi connectivity index (χ2n) is 8.02. The first-order valence-corrected chi connectivity index (χ1v) is 13.2. The van der Waals surface area contributed by atoms with Crippen LogP contribution in [0.2, 0.25) is 0 Å². The fourth-order valence-electron chi connectivity index (χ4n) is 4.06. The minimum atomic E-state index is -1.85. The van der Waals surface area contributed by atoms with Crippen LogP contribution in [0, 0.1) is 0 Å². The summed E-state index contributed by atoms with van der Waals surface area (Å²) in [6, 6.07) is 32.9. The van der Waals surface area contributed by atoms with Crippen LogP contribution in [0.5, 0.6) is 0 Å². The maximum absolute atomic E-state index is 5.32. The highest BCUT2D eigenvalue weighted by Gasteiger charge is 2.44. The first-order valence-electron chi connectivity index (χ1n) is 11.2. The maximum Gasteiger partial charge on any atom is 0.179 e. The molecular formula is C30H34O2P+. The van der Waals surface area contributed by atoms with Gasteiger partial charge < -0.3 is 9.47 Å². The second-order valence-corrected chi connectivity index (χ2v) is 11.6. The van der Waals surface area contributed by atoms with E-state index in [9.17, 15) is 0 Å². The van der Waals surface area contributed by atoms with Gasteiger partial charge in [-0.25, -0.2) is 0 Å². The molecule has 0 amide bonds. The van der Waals surface area contributed by atoms with E-state index in [4.69, 9.17) is 9.47 Å². The van der Waals surface area contributed by atoms with Crippen LogP contribution in [0.4, 0.5) is 0 Å². The van der Waals surface area contributed by atoms with E-state index in [1.54, 1.807) is 14.2 Å². The van der Waals surface area contributed by atoms with Crippen molar-refractivity contribution in [3.63, 3.8) is 0 Å². The van der Waals surface area contributed by atoms with Gasteiger partial charge in [-0.3, -0.25) is 0 Å². The third-order valence-electron chi connectivity index (χ3n) is 5.80. The van der Waals surface area contributed by atoms with Gasteiger partial charge in [-0.15, -0.1) is 0 Å². The van der Waals surface area contributed by atoms with Crippen molar-refractivity contribution in [2.45, 2.75) is 20.1 Å². The Bertz CT molecular complexity index is 969. The summed E-state index contributed by atoms with van der Waals surface area (Å²) in [6.45, 7) is 4.18. The highest BCUT2D eigenvalue weighted by atomic mass is 31.2. The molecule has 3 rings (SSSR count). The number of benzene rings is 3. The molecule has 0 radical (unpaired) electrons. The number of allylic oxidation sites excluding steroid dienone is 5. The molecule has 0 N–H and O–H groups in total. The summed E-state index contributed by atoms with van der Waals surface area (Å²) in [7, 11) is 1.46. The molecule has 33 heavy (non-hydrogen) atoms. The molecule has 0 atom stereocenters. The number of hydrogen-bond donors (Lipinski definition) is 0. The van der Waals surface area contributed by atoms with Gasteiger partial charge in [0.2, 0.25) is 0 Å². The fourth-order valence-corrected chi connectivity index (χ4v) is 8.19. The summed E-state index contributed by atoms with van der Waals surface area (Å²) in [6.07, 6.45) is 9.30. The minimum absolute atomic E-state index is 0.313. The quantitative estimate of drug-likeness (QED) is 0.210. The van der Waals surface area contributed by atoms with Crippen molar-refractivity contribution in [1.29, 1.82) is 0 Å². The fraction of sp³-hybridized carbons (Fsp3) is 0.200. The van der Waals surface area contributed by atoms with Gasteiger partial charge in [-0.1, -0.05) is 78.4 Å². The van der Waals surface area contributed by atoms with Crippen LogP contribution in [0.3, 0.4) is 0 Å². The van der Waals surface area contributed by atoms with E-state index in [0.29, 0.717) is 0 Å². The monoisotopic (exact) mass is 457 g/mol. The zero-order valence-electron chi connectivity index (χ0n) is 20.0. The van der Waals surface area contributed by atoms with E-state index < -0.39 is 7.26 Å². The Hall–Kier alpha value is -2.77. The predicted molar refractivity (Wildman–Crippen MR) is 144 cm³/mol. The van der Waals surface area contributed by atoms with Crippen molar-refractivity contribution >= 4 is 23.2 Å². The summed E-state index contributed by atoms with van der Waals surface area (Å²) in [5.41, 5.74) is 2.27. The first-order chi connectivity index (χ1) is 16.1. The Morgan fingerprint density at radius 3 is 1.55 bits per heavy atom. The Labute approximate surface area is 199 Å². The molecule has 0 spiro atoms. The lowest BCUT2D eigenvalue weighted by Gasteiger charge is -2.26. The van der Waals surface area contributed by atoms with Crippen LogP contribution in [0.1, 0.15) is 13.8 Å². The van der Waals surface area contributed by atoms with Crippen molar-refractivity contribution in [3.8, 4) is 0 Å². The molecule has 0 aliphatic carbocycles. The molecule has 3 aromatic carbocycles. The Balaban J connectivity index is 2.02. The molecule has 0 saturated carbocycles. The first kappa shape index (κ1) is 24.9. The topological polar surface area (TPSA) is 18.5 Å². The average Bonchev–Trinajstić information content (AvgIpc) is 2.87. The van der Waals surface area contributed by atoms with E-state index in [0.717, 1.165) is 11.7 Å². The lowest BCUT2D eigenvalue weighted by Crippen LogP contribution is -2.33. The van der Waals surface area contributed by atoms with Crippen LogP contribution in [0.25, 0.3) is 0 Å². The van der Waals surface area contributed by atoms with Crippen molar-refractivity contribution in [3.05, 3.63) is 126 Å². The third kappa shape index (κ3) is 6.18. The minimum Gasteiger partial charge on any atom is -0.352 e. The van der Waals surface area contributed by atoms with Gasteiger partial charge in [0, 0.05) is 14.2 Å². The average molecular weight is 458 g/mol. The molecule has 2 nitrogen and oxygen atoms in total. The van der Waals surface area contributed by atoms with Gasteiger partial charge in [0.1, 0.15) is 23.2 Å². The van der Waals surface area contributed by atoms with Gasteiger partial charge in [0.15, 0.2) is 6.29 Å². The Morgan fingerprint density at radius 2 is 1.15 bits per heavy atom. The normalized spacial score (nSPS) is 13.1. The largest absolute Gasteiger partial charge is 0.352 e. The van der Waals surface area contributed by atoms with Crippen molar-refractivity contribution in [2.24, 2.45) is 0 Å². The van der Waals surface area contributed by atoms with Crippen LogP contribution in [0.15, 0.2) is 126 Å². The second kappa shape index (κ2) is 12.5. The lowest BCUT2D eigenvalue weighted by molar-refractivity contribution is -0.0746. The van der Waals surface area contributed by atoms with Gasteiger partial charge in [-0.2, -0.15) is 0 Å². The van der Waals surface area contributed by atoms with Gasteiger partial charge >= 0.3 is 0 Å². The molecule has 0 saturated heterocycles. The maximum atomic E-state index is 5.32. The molecule has 3 aromatic rings. The molecule has 0 bridgehead atoms. The van der Waals surface area contributed by atoms with Crippen molar-refractivity contribution in [1.82, 2.24) is 0 Å². The van der Waals surface area contributed by atoms with Crippen LogP contribution in [-0.2, 0) is 9.47 Å². The van der Waals surface area contributed by atoms with E-state index in [1.165, 1.54) is 21.5 Å². The molecule has 0 aliphatic heterocycles. The van der Waals surface area contributed by atoms with E-state index in [-0.39, 0.29) is 6.29 Å². The summed E-state index contributed by atoms with van der Waals surface area (Å²) >= 11 is 0. The van der Waals surface area contributed by atoms with Crippen LogP contribution >= 0.6 is 7.26 Å². The molecule has 0 aromatic heterocycles. The summed E-state index contributed by atoms with van der Waals surface area (Å²) in [5, 5.41) is 4.19. The number of rotatable bonds is 10. The molecule has 3 heteroatoms. The van der Waals surface area contributed by atoms with Crippen molar-refractivity contribution < 1.29 is 9.47 Å². The number of ether oxygens (including phenoxy) is 2. The SMILES string of the molecule is COC(OC)C(C)=CC=CC(C)=CC[P+](c1ccccc1)(c1ccccc1)c1ccccc1. The van der Waals surface area contributed by atoms with Gasteiger partial charge in [-0.05, 0) is 61.9 Å². The van der Waals surface area contributed by atoms with Gasteiger partial charge in [0.25, 0.3) is 0 Å². The van der Waals surface area contributed by atoms with E-state index in [2.05, 4.69) is 116 Å². The number of hydrogen-bond acceptors (Lipinski definition) is 2.